The van der Waals surface area contributed by atoms with Crippen molar-refractivity contribution in [3.63, 3.8) is 0 Å². The first-order valence-electron chi connectivity index (χ1n) is 10.4. The number of hydrogen-bond donors (Lipinski definition) is 0. The van der Waals surface area contributed by atoms with Gasteiger partial charge in [-0.2, -0.15) is 0 Å². The largest absolute Gasteiger partial charge is 0.493 e. The molecule has 1 amide bonds. The highest BCUT2D eigenvalue weighted by molar-refractivity contribution is 5.81. The van der Waals surface area contributed by atoms with Crippen LogP contribution < -0.4 is 15.3 Å². The van der Waals surface area contributed by atoms with Crippen LogP contribution in [0, 0.1) is 6.92 Å². The number of ether oxygens (including phenoxy) is 1. The van der Waals surface area contributed by atoms with E-state index in [0.29, 0.717) is 30.8 Å². The van der Waals surface area contributed by atoms with Crippen LogP contribution in [0.4, 0.5) is 5.69 Å². The van der Waals surface area contributed by atoms with Gasteiger partial charge in [0.2, 0.25) is 5.91 Å². The van der Waals surface area contributed by atoms with Crippen LogP contribution in [0.2, 0.25) is 0 Å². The molecule has 0 saturated carbocycles. The van der Waals surface area contributed by atoms with E-state index in [2.05, 4.69) is 17.0 Å². The lowest BCUT2D eigenvalue weighted by Crippen LogP contribution is -2.48. The third kappa shape index (κ3) is 4.64. The molecule has 1 saturated heterocycles. The van der Waals surface area contributed by atoms with Crippen LogP contribution in [0.3, 0.4) is 0 Å². The van der Waals surface area contributed by atoms with E-state index in [1.165, 1.54) is 11.8 Å². The zero-order valence-corrected chi connectivity index (χ0v) is 17.2. The van der Waals surface area contributed by atoms with Crippen LogP contribution >= 0.6 is 0 Å². The van der Waals surface area contributed by atoms with Crippen molar-refractivity contribution in [2.24, 2.45) is 0 Å². The molecule has 0 aliphatic carbocycles. The number of carbonyl (C=O) groups excluding carboxylic acids is 1. The molecule has 1 aliphatic heterocycles. The first kappa shape index (κ1) is 20.0. The molecule has 6 nitrogen and oxygen atoms in total. The van der Waals surface area contributed by atoms with Crippen LogP contribution in [-0.2, 0) is 4.79 Å². The number of benzene rings is 2. The molecular weight excluding hydrogens is 380 g/mol. The van der Waals surface area contributed by atoms with Crippen molar-refractivity contribution < 1.29 is 13.9 Å². The van der Waals surface area contributed by atoms with Crippen molar-refractivity contribution in [2.45, 2.75) is 19.8 Å². The van der Waals surface area contributed by atoms with Gasteiger partial charge in [-0.3, -0.25) is 4.79 Å². The van der Waals surface area contributed by atoms with E-state index in [-0.39, 0.29) is 11.5 Å². The zero-order valence-electron chi connectivity index (χ0n) is 17.2. The fourth-order valence-corrected chi connectivity index (χ4v) is 3.82. The number of hydrogen-bond acceptors (Lipinski definition) is 5. The Morgan fingerprint density at radius 3 is 2.57 bits per heavy atom. The first-order valence-corrected chi connectivity index (χ1v) is 10.4. The summed E-state index contributed by atoms with van der Waals surface area (Å²) in [5.41, 5.74) is 2.24. The van der Waals surface area contributed by atoms with E-state index in [1.807, 2.05) is 42.2 Å². The van der Waals surface area contributed by atoms with Crippen molar-refractivity contribution >= 4 is 22.6 Å². The second-order valence-electron chi connectivity index (χ2n) is 7.56. The molecule has 156 valence electrons. The molecule has 0 N–H and O–H groups in total. The van der Waals surface area contributed by atoms with Crippen molar-refractivity contribution in [1.29, 1.82) is 0 Å². The molecule has 0 unspecified atom stereocenters. The number of nitrogens with zero attached hydrogens (tertiary/aromatic N) is 2. The molecule has 2 aromatic carbocycles. The average molecular weight is 406 g/mol. The first-order chi connectivity index (χ1) is 14.6. The van der Waals surface area contributed by atoms with E-state index >= 15 is 0 Å². The summed E-state index contributed by atoms with van der Waals surface area (Å²) in [6.07, 6.45) is 1.11. The van der Waals surface area contributed by atoms with Gasteiger partial charge in [0.1, 0.15) is 11.3 Å². The Kier molecular flexibility index (Phi) is 6.02. The van der Waals surface area contributed by atoms with Gasteiger partial charge in [0.25, 0.3) is 0 Å². The minimum atomic E-state index is -0.366. The number of piperazine rings is 1. The summed E-state index contributed by atoms with van der Waals surface area (Å²) in [7, 11) is 0. The van der Waals surface area contributed by atoms with Gasteiger partial charge >= 0.3 is 5.63 Å². The van der Waals surface area contributed by atoms with Gasteiger partial charge in [0.05, 0.1) is 6.61 Å². The molecule has 3 aromatic rings. The topological polar surface area (TPSA) is 63.0 Å². The average Bonchev–Trinajstić information content (AvgIpc) is 2.77. The van der Waals surface area contributed by atoms with Crippen LogP contribution in [-0.4, -0.2) is 43.6 Å². The molecule has 4 rings (SSSR count). The second-order valence-corrected chi connectivity index (χ2v) is 7.56. The van der Waals surface area contributed by atoms with Gasteiger partial charge < -0.3 is 19.0 Å². The molecule has 0 bridgehead atoms. The summed E-state index contributed by atoms with van der Waals surface area (Å²) >= 11 is 0. The molecule has 1 fully saturated rings. The predicted octanol–water partition coefficient (Wildman–Crippen LogP) is 3.61. The number of rotatable bonds is 6. The maximum Gasteiger partial charge on any atom is 0.336 e. The standard InChI is InChI=1S/C24H26N2O4/c1-18-16-24(28)30-22-17-20(9-10-21(18)22)29-15-5-8-23(27)26-13-11-25(12-14-26)19-6-3-2-4-7-19/h2-4,6-7,9-10,16-17H,5,8,11-15H2,1H3. The van der Waals surface area contributed by atoms with E-state index in [1.54, 1.807) is 6.07 Å². The number of amides is 1. The number of fused-ring (bicyclic) bond motifs is 1. The van der Waals surface area contributed by atoms with E-state index in [0.717, 1.165) is 37.1 Å². The number of para-hydroxylation sites is 1. The van der Waals surface area contributed by atoms with Crippen LogP contribution in [0.15, 0.2) is 63.8 Å². The van der Waals surface area contributed by atoms with E-state index < -0.39 is 0 Å². The Morgan fingerprint density at radius 1 is 1.03 bits per heavy atom. The summed E-state index contributed by atoms with van der Waals surface area (Å²) in [6.45, 7) is 5.53. The lowest BCUT2D eigenvalue weighted by Gasteiger charge is -2.36. The minimum Gasteiger partial charge on any atom is -0.493 e. The van der Waals surface area contributed by atoms with Gasteiger partial charge in [0.15, 0.2) is 0 Å². The van der Waals surface area contributed by atoms with Gasteiger partial charge in [-0.15, -0.1) is 0 Å². The Labute approximate surface area is 175 Å². The predicted molar refractivity (Wildman–Crippen MR) is 117 cm³/mol. The molecule has 2 heterocycles. The fraction of sp³-hybridized carbons (Fsp3) is 0.333. The molecule has 0 radical (unpaired) electrons. The molecular formula is C24H26N2O4. The number of aryl methyl sites for hydroxylation is 1. The molecule has 0 spiro atoms. The zero-order chi connectivity index (χ0) is 20.9. The third-order valence-corrected chi connectivity index (χ3v) is 5.48. The quantitative estimate of drug-likeness (QED) is 0.462. The number of anilines is 1. The summed E-state index contributed by atoms with van der Waals surface area (Å²) in [6, 6.07) is 17.3. The van der Waals surface area contributed by atoms with Gasteiger partial charge in [-0.05, 0) is 43.2 Å². The Hall–Kier alpha value is -3.28. The smallest absolute Gasteiger partial charge is 0.336 e. The lowest BCUT2D eigenvalue weighted by molar-refractivity contribution is -0.131. The normalized spacial score (nSPS) is 14.2. The SMILES string of the molecule is Cc1cc(=O)oc2cc(OCCCC(=O)N3CCN(c4ccccc4)CC3)ccc12. The highest BCUT2D eigenvalue weighted by atomic mass is 16.5. The Bertz CT molecular complexity index is 1070. The van der Waals surface area contributed by atoms with Gasteiger partial charge in [-0.25, -0.2) is 4.79 Å². The fourth-order valence-electron chi connectivity index (χ4n) is 3.82. The third-order valence-electron chi connectivity index (χ3n) is 5.48. The maximum atomic E-state index is 12.5. The van der Waals surface area contributed by atoms with Crippen LogP contribution in [0.25, 0.3) is 11.0 Å². The summed E-state index contributed by atoms with van der Waals surface area (Å²) in [4.78, 5) is 28.3. The highest BCUT2D eigenvalue weighted by Gasteiger charge is 2.20. The molecule has 1 aromatic heterocycles. The van der Waals surface area contributed by atoms with Crippen molar-refractivity contribution in [1.82, 2.24) is 4.90 Å². The highest BCUT2D eigenvalue weighted by Crippen LogP contribution is 2.22. The molecule has 1 aliphatic rings. The molecule has 30 heavy (non-hydrogen) atoms. The molecule has 6 heteroatoms. The monoisotopic (exact) mass is 406 g/mol. The maximum absolute atomic E-state index is 12.5. The summed E-state index contributed by atoms with van der Waals surface area (Å²) < 4.78 is 11.0. The number of carbonyl (C=O) groups is 1. The van der Waals surface area contributed by atoms with Crippen LogP contribution in [0.5, 0.6) is 5.75 Å². The molecule has 0 atom stereocenters. The van der Waals surface area contributed by atoms with Crippen molar-refractivity contribution in [3.8, 4) is 5.75 Å². The Morgan fingerprint density at radius 2 is 1.80 bits per heavy atom. The van der Waals surface area contributed by atoms with Crippen LogP contribution in [0.1, 0.15) is 18.4 Å². The van der Waals surface area contributed by atoms with Crippen molar-refractivity contribution in [2.75, 3.05) is 37.7 Å². The van der Waals surface area contributed by atoms with E-state index in [9.17, 15) is 9.59 Å². The minimum absolute atomic E-state index is 0.173. The van der Waals surface area contributed by atoms with Crippen molar-refractivity contribution in [3.05, 3.63) is 70.6 Å². The summed E-state index contributed by atoms with van der Waals surface area (Å²) in [5.74, 6) is 0.812. The second kappa shape index (κ2) is 9.03. The lowest BCUT2D eigenvalue weighted by atomic mass is 10.1. The Balaban J connectivity index is 1.23. The van der Waals surface area contributed by atoms with Gasteiger partial charge in [-0.1, -0.05) is 18.2 Å². The van der Waals surface area contributed by atoms with E-state index in [4.69, 9.17) is 9.15 Å². The van der Waals surface area contributed by atoms with Gasteiger partial charge in [0, 0.05) is 55.8 Å². The summed E-state index contributed by atoms with van der Waals surface area (Å²) in [5, 5.41) is 0.895.